The van der Waals surface area contributed by atoms with Crippen LogP contribution in [0.15, 0.2) is 36.5 Å². The van der Waals surface area contributed by atoms with Gasteiger partial charge in [0, 0.05) is 35.1 Å². The van der Waals surface area contributed by atoms with Gasteiger partial charge in [0.05, 0.1) is 12.3 Å². The Morgan fingerprint density at radius 1 is 1.19 bits per heavy atom. The lowest BCUT2D eigenvalue weighted by atomic mass is 10.00. The predicted octanol–water partition coefficient (Wildman–Crippen LogP) is 4.00. The van der Waals surface area contributed by atoms with Crippen LogP contribution >= 0.6 is 0 Å². The highest BCUT2D eigenvalue weighted by Gasteiger charge is 2.37. The molecule has 4 rings (SSSR count). The van der Waals surface area contributed by atoms with Crippen LogP contribution in [0.3, 0.4) is 0 Å². The largest absolute Gasteiger partial charge is 0.494 e. The van der Waals surface area contributed by atoms with Crippen molar-refractivity contribution in [2.45, 2.75) is 51.1 Å². The Balaban J connectivity index is 1.65. The van der Waals surface area contributed by atoms with E-state index in [0.29, 0.717) is 35.7 Å². The summed E-state index contributed by atoms with van der Waals surface area (Å²) in [6.07, 6.45) is 8.17. The van der Waals surface area contributed by atoms with Gasteiger partial charge in [0.1, 0.15) is 11.6 Å². The molecule has 136 valence electrons. The van der Waals surface area contributed by atoms with Crippen molar-refractivity contribution in [3.8, 4) is 5.75 Å². The lowest BCUT2D eigenvalue weighted by Crippen LogP contribution is -2.40. The molecule has 1 aromatic heterocycles. The van der Waals surface area contributed by atoms with Crippen LogP contribution in [0.1, 0.15) is 50.2 Å². The van der Waals surface area contributed by atoms with E-state index in [2.05, 4.69) is 9.88 Å². The molecule has 0 aliphatic carbocycles. The molecule has 5 nitrogen and oxygen atoms in total. The van der Waals surface area contributed by atoms with Crippen LogP contribution in [0.4, 0.5) is 11.5 Å². The number of nitrogens with zero attached hydrogens (tertiary/aromatic N) is 2. The molecule has 2 unspecified atom stereocenters. The third-order valence-corrected chi connectivity index (χ3v) is 5.60. The van der Waals surface area contributed by atoms with E-state index in [4.69, 9.17) is 15.9 Å². The number of piperidine rings is 1. The van der Waals surface area contributed by atoms with Crippen LogP contribution < -0.4 is 15.4 Å². The van der Waals surface area contributed by atoms with Gasteiger partial charge in [-0.3, -0.25) is 5.41 Å². The van der Waals surface area contributed by atoms with Gasteiger partial charge in [0.15, 0.2) is 0 Å². The van der Waals surface area contributed by atoms with Gasteiger partial charge in [-0.05, 0) is 69.4 Å². The van der Waals surface area contributed by atoms with E-state index in [1.165, 1.54) is 32.1 Å². The van der Waals surface area contributed by atoms with Crippen molar-refractivity contribution in [2.24, 2.45) is 0 Å². The Kier molecular flexibility index (Phi) is 4.53. The molecule has 2 saturated heterocycles. The highest BCUT2D eigenvalue weighted by atomic mass is 16.5. The fourth-order valence-corrected chi connectivity index (χ4v) is 4.37. The second-order valence-electron chi connectivity index (χ2n) is 7.18. The minimum atomic E-state index is 0.414. The number of anilines is 2. The Morgan fingerprint density at radius 3 is 2.69 bits per heavy atom. The van der Waals surface area contributed by atoms with Crippen LogP contribution in [0.2, 0.25) is 0 Å². The first kappa shape index (κ1) is 16.9. The number of fused-ring (bicyclic) bond motifs is 2. The molecular weight excluding hydrogens is 324 g/mol. The van der Waals surface area contributed by atoms with Crippen molar-refractivity contribution in [2.75, 3.05) is 17.2 Å². The van der Waals surface area contributed by atoms with Gasteiger partial charge in [-0.1, -0.05) is 0 Å². The Labute approximate surface area is 154 Å². The van der Waals surface area contributed by atoms with Crippen LogP contribution in [-0.2, 0) is 0 Å². The third kappa shape index (κ3) is 3.02. The quantitative estimate of drug-likeness (QED) is 0.631. The first-order valence-corrected chi connectivity index (χ1v) is 9.53. The molecule has 0 saturated carbocycles. The summed E-state index contributed by atoms with van der Waals surface area (Å²) >= 11 is 0. The zero-order chi connectivity index (χ0) is 18.1. The molecule has 3 heterocycles. The predicted molar refractivity (Wildman–Crippen MR) is 105 cm³/mol. The van der Waals surface area contributed by atoms with Crippen LogP contribution in [0, 0.1) is 5.41 Å². The monoisotopic (exact) mass is 350 g/mol. The molecule has 2 fully saturated rings. The molecule has 0 amide bonds. The number of nitrogens with two attached hydrogens (primary N) is 1. The zero-order valence-corrected chi connectivity index (χ0v) is 15.2. The van der Waals surface area contributed by atoms with E-state index in [1.54, 1.807) is 0 Å². The minimum absolute atomic E-state index is 0.414. The van der Waals surface area contributed by atoms with E-state index in [1.807, 2.05) is 43.5 Å². The average molecular weight is 350 g/mol. The van der Waals surface area contributed by atoms with Gasteiger partial charge in [-0.15, -0.1) is 0 Å². The van der Waals surface area contributed by atoms with Crippen molar-refractivity contribution in [3.63, 3.8) is 0 Å². The molecule has 2 aromatic rings. The maximum Gasteiger partial charge on any atom is 0.129 e. The van der Waals surface area contributed by atoms with Gasteiger partial charge in [-0.25, -0.2) is 4.98 Å². The number of nitrogens with one attached hydrogen (secondary N) is 1. The highest BCUT2D eigenvalue weighted by Crippen LogP contribution is 2.38. The normalized spacial score (nSPS) is 21.7. The SMILES string of the molecule is CCOc1ccc(N)c(C(=N)c2ccnc(N3C4CCCC3CC4)c2)c1. The second kappa shape index (κ2) is 6.98. The summed E-state index contributed by atoms with van der Waals surface area (Å²) in [5.41, 5.74) is 8.69. The lowest BCUT2D eigenvalue weighted by Gasteiger charge is -2.36. The van der Waals surface area contributed by atoms with Crippen molar-refractivity contribution >= 4 is 17.2 Å². The maximum atomic E-state index is 8.69. The van der Waals surface area contributed by atoms with E-state index < -0.39 is 0 Å². The summed E-state index contributed by atoms with van der Waals surface area (Å²) in [6.45, 7) is 2.54. The number of benzene rings is 1. The van der Waals surface area contributed by atoms with E-state index >= 15 is 0 Å². The summed E-state index contributed by atoms with van der Waals surface area (Å²) in [6, 6.07) is 10.7. The first-order valence-electron chi connectivity index (χ1n) is 9.53. The molecule has 0 spiro atoms. The van der Waals surface area contributed by atoms with Crippen molar-refractivity contribution in [1.82, 2.24) is 4.98 Å². The Bertz CT molecular complexity index is 803. The fourth-order valence-electron chi connectivity index (χ4n) is 4.37. The summed E-state index contributed by atoms with van der Waals surface area (Å²) in [7, 11) is 0. The van der Waals surface area contributed by atoms with Crippen molar-refractivity contribution in [1.29, 1.82) is 5.41 Å². The molecule has 3 N–H and O–H groups in total. The topological polar surface area (TPSA) is 75.2 Å². The molecule has 2 bridgehead atoms. The van der Waals surface area contributed by atoms with E-state index in [-0.39, 0.29) is 0 Å². The Morgan fingerprint density at radius 2 is 1.96 bits per heavy atom. The molecule has 2 atom stereocenters. The summed E-state index contributed by atoms with van der Waals surface area (Å²) in [5.74, 6) is 1.74. The lowest BCUT2D eigenvalue weighted by molar-refractivity contribution is 0.340. The van der Waals surface area contributed by atoms with Gasteiger partial charge in [0.25, 0.3) is 0 Å². The maximum absolute atomic E-state index is 8.69. The number of rotatable bonds is 5. The standard InChI is InChI=1S/C21H26N4O/c1-2-26-17-8-9-19(22)18(13-17)21(23)14-10-11-24-20(12-14)25-15-4-3-5-16(25)7-6-15/h8-13,15-16,23H,2-7,22H2,1H3. The number of ether oxygens (including phenoxy) is 1. The van der Waals surface area contributed by atoms with Gasteiger partial charge in [-0.2, -0.15) is 0 Å². The number of hydrogen-bond donors (Lipinski definition) is 2. The summed E-state index contributed by atoms with van der Waals surface area (Å²) in [5, 5.41) is 8.69. The molecule has 1 aromatic carbocycles. The molecule has 5 heteroatoms. The van der Waals surface area contributed by atoms with E-state index in [0.717, 1.165) is 17.1 Å². The van der Waals surface area contributed by atoms with Gasteiger partial charge < -0.3 is 15.4 Å². The highest BCUT2D eigenvalue weighted by molar-refractivity contribution is 6.14. The third-order valence-electron chi connectivity index (χ3n) is 5.60. The van der Waals surface area contributed by atoms with Crippen molar-refractivity contribution < 1.29 is 4.74 Å². The number of nitrogen functional groups attached to an aromatic ring is 1. The summed E-state index contributed by atoms with van der Waals surface area (Å²) in [4.78, 5) is 7.11. The second-order valence-corrected chi connectivity index (χ2v) is 7.18. The zero-order valence-electron chi connectivity index (χ0n) is 15.2. The number of aromatic nitrogens is 1. The van der Waals surface area contributed by atoms with Crippen LogP contribution in [0.25, 0.3) is 0 Å². The molecule has 26 heavy (non-hydrogen) atoms. The van der Waals surface area contributed by atoms with Crippen LogP contribution in [0.5, 0.6) is 5.75 Å². The number of hydrogen-bond acceptors (Lipinski definition) is 5. The van der Waals surface area contributed by atoms with Crippen molar-refractivity contribution in [3.05, 3.63) is 47.7 Å². The van der Waals surface area contributed by atoms with Gasteiger partial charge in [0.2, 0.25) is 0 Å². The molecule has 2 aliphatic heterocycles. The van der Waals surface area contributed by atoms with Crippen LogP contribution in [-0.4, -0.2) is 29.4 Å². The number of pyridine rings is 1. The average Bonchev–Trinajstić information content (AvgIpc) is 2.92. The van der Waals surface area contributed by atoms with E-state index in [9.17, 15) is 0 Å². The fraction of sp³-hybridized carbons (Fsp3) is 0.429. The summed E-state index contributed by atoms with van der Waals surface area (Å²) < 4.78 is 5.57. The minimum Gasteiger partial charge on any atom is -0.494 e. The van der Waals surface area contributed by atoms with Gasteiger partial charge >= 0.3 is 0 Å². The molecular formula is C21H26N4O. The smallest absolute Gasteiger partial charge is 0.129 e. The first-order chi connectivity index (χ1) is 12.7. The molecule has 0 radical (unpaired) electrons. The Hall–Kier alpha value is -2.56. The molecule has 2 aliphatic rings.